The Bertz CT molecular complexity index is 1260. The highest BCUT2D eigenvalue weighted by Gasteiger charge is 2.14. The molecule has 4 rings (SSSR count). The maximum absolute atomic E-state index is 5.95. The van der Waals surface area contributed by atoms with Crippen LogP contribution in [0.2, 0.25) is 5.15 Å². The number of nitrogens with two attached hydrogens (primary N) is 1. The molecule has 172 valence electrons. The average Bonchev–Trinajstić information content (AvgIpc) is 3.17. The molecular formula is C23H26ClN7O2. The van der Waals surface area contributed by atoms with Crippen LogP contribution >= 0.6 is 11.6 Å². The third-order valence-corrected chi connectivity index (χ3v) is 5.41. The number of aromatic nitrogens is 5. The number of hydrogen-bond donors (Lipinski definition) is 2. The normalized spacial score (nSPS) is 12.1. The zero-order chi connectivity index (χ0) is 23.4. The molecular weight excluding hydrogens is 442 g/mol. The first-order chi connectivity index (χ1) is 15.9. The van der Waals surface area contributed by atoms with Crippen molar-refractivity contribution in [1.29, 1.82) is 0 Å². The highest BCUT2D eigenvalue weighted by atomic mass is 35.5. The number of nitrogen functional groups attached to an aromatic ring is 1. The fraction of sp³-hybridized carbons (Fsp3) is 0.304. The molecule has 1 unspecified atom stereocenters. The molecule has 0 saturated carbocycles. The van der Waals surface area contributed by atoms with Crippen molar-refractivity contribution in [2.75, 3.05) is 31.3 Å². The summed E-state index contributed by atoms with van der Waals surface area (Å²) >= 11 is 5.88. The lowest BCUT2D eigenvalue weighted by atomic mass is 10.1. The molecule has 0 amide bonds. The van der Waals surface area contributed by atoms with E-state index in [1.54, 1.807) is 30.6 Å². The van der Waals surface area contributed by atoms with Gasteiger partial charge in [0.05, 0.1) is 18.4 Å². The highest BCUT2D eigenvalue weighted by Crippen LogP contribution is 2.31. The third kappa shape index (κ3) is 5.32. The van der Waals surface area contributed by atoms with E-state index < -0.39 is 0 Å². The number of pyridine rings is 3. The summed E-state index contributed by atoms with van der Waals surface area (Å²) in [6.07, 6.45) is 4.13. The van der Waals surface area contributed by atoms with Crippen LogP contribution in [0.5, 0.6) is 5.88 Å². The lowest BCUT2D eigenvalue weighted by molar-refractivity contribution is 0.0323. The largest absolute Gasteiger partial charge is 0.475 e. The van der Waals surface area contributed by atoms with E-state index in [0.717, 1.165) is 33.5 Å². The molecule has 0 saturated heterocycles. The number of nitrogens with zero attached hydrogens (tertiary/aromatic N) is 5. The summed E-state index contributed by atoms with van der Waals surface area (Å²) < 4.78 is 13.4. The summed E-state index contributed by atoms with van der Waals surface area (Å²) in [7, 11) is 3.75. The number of halogens is 1. The van der Waals surface area contributed by atoms with Crippen LogP contribution in [0.4, 0.5) is 11.6 Å². The van der Waals surface area contributed by atoms with Gasteiger partial charge in [0.25, 0.3) is 0 Å². The zero-order valence-electron chi connectivity index (χ0n) is 18.7. The monoisotopic (exact) mass is 467 g/mol. The van der Waals surface area contributed by atoms with Crippen molar-refractivity contribution in [3.8, 4) is 17.1 Å². The number of anilines is 2. The molecule has 4 heterocycles. The maximum atomic E-state index is 5.95. The number of nitrogens with one attached hydrogen (secondary N) is 1. The van der Waals surface area contributed by atoms with Crippen LogP contribution in [0.25, 0.3) is 22.0 Å². The summed E-state index contributed by atoms with van der Waals surface area (Å²) in [6, 6.07) is 9.16. The van der Waals surface area contributed by atoms with Crippen molar-refractivity contribution in [3.63, 3.8) is 0 Å². The van der Waals surface area contributed by atoms with Crippen LogP contribution in [-0.2, 0) is 18.2 Å². The first kappa shape index (κ1) is 22.8. The van der Waals surface area contributed by atoms with Crippen LogP contribution in [-0.4, -0.2) is 51.1 Å². The van der Waals surface area contributed by atoms with Gasteiger partial charge in [-0.15, -0.1) is 0 Å². The molecule has 0 bridgehead atoms. The van der Waals surface area contributed by atoms with Gasteiger partial charge in [0.2, 0.25) is 5.88 Å². The minimum Gasteiger partial charge on any atom is -0.475 e. The van der Waals surface area contributed by atoms with E-state index in [1.807, 2.05) is 37.8 Å². The van der Waals surface area contributed by atoms with E-state index >= 15 is 0 Å². The van der Waals surface area contributed by atoms with Gasteiger partial charge in [0.15, 0.2) is 0 Å². The Labute approximate surface area is 196 Å². The Hall–Kier alpha value is -3.43. The van der Waals surface area contributed by atoms with E-state index in [-0.39, 0.29) is 6.10 Å². The first-order valence-corrected chi connectivity index (χ1v) is 10.9. The SMILES string of the molecule is CNc1ncc(-c2cc(CCOC(C)COc3cccc(Cl)n3)n(C)n2)c2cc(N)ncc12. The van der Waals surface area contributed by atoms with Crippen molar-refractivity contribution >= 4 is 34.0 Å². The number of rotatable bonds is 9. The Morgan fingerprint density at radius 1 is 1.18 bits per heavy atom. The molecule has 4 aromatic rings. The zero-order valence-corrected chi connectivity index (χ0v) is 19.5. The van der Waals surface area contributed by atoms with E-state index in [9.17, 15) is 0 Å². The van der Waals surface area contributed by atoms with Crippen LogP contribution in [0, 0.1) is 0 Å². The number of hydrogen-bond acceptors (Lipinski definition) is 8. The van der Waals surface area contributed by atoms with Crippen LogP contribution in [0.3, 0.4) is 0 Å². The van der Waals surface area contributed by atoms with Gasteiger partial charge >= 0.3 is 0 Å². The second-order valence-corrected chi connectivity index (χ2v) is 8.00. The number of ether oxygens (including phenoxy) is 2. The second kappa shape index (κ2) is 10.0. The van der Waals surface area contributed by atoms with Crippen molar-refractivity contribution < 1.29 is 9.47 Å². The van der Waals surface area contributed by atoms with Gasteiger partial charge in [-0.2, -0.15) is 5.10 Å². The predicted molar refractivity (Wildman–Crippen MR) is 130 cm³/mol. The minimum absolute atomic E-state index is 0.101. The van der Waals surface area contributed by atoms with Crippen LogP contribution < -0.4 is 15.8 Å². The number of fused-ring (bicyclic) bond motifs is 1. The Morgan fingerprint density at radius 3 is 2.82 bits per heavy atom. The standard InChI is InChI=1S/C23H26ClN7O2/c1-14(13-33-22-6-4-5-20(24)29-22)32-8-7-15-9-19(30-31(15)3)17-11-28-23(26-2)18-12-27-21(25)10-16(17)18/h4-6,9-12,14H,7-8,13H2,1-3H3,(H2,25,27)(H,26,28). The lowest BCUT2D eigenvalue weighted by Crippen LogP contribution is -2.20. The summed E-state index contributed by atoms with van der Waals surface area (Å²) in [5.41, 5.74) is 8.71. The molecule has 3 N–H and O–H groups in total. The topological polar surface area (TPSA) is 113 Å². The van der Waals surface area contributed by atoms with E-state index in [0.29, 0.717) is 36.5 Å². The molecule has 0 fully saturated rings. The van der Waals surface area contributed by atoms with Crippen molar-refractivity contribution in [2.45, 2.75) is 19.4 Å². The van der Waals surface area contributed by atoms with Crippen LogP contribution in [0.15, 0.2) is 42.7 Å². The van der Waals surface area contributed by atoms with Gasteiger partial charge in [-0.3, -0.25) is 4.68 Å². The van der Waals surface area contributed by atoms with Gasteiger partial charge in [-0.1, -0.05) is 17.7 Å². The molecule has 33 heavy (non-hydrogen) atoms. The van der Waals surface area contributed by atoms with Gasteiger partial charge < -0.3 is 20.5 Å². The first-order valence-electron chi connectivity index (χ1n) is 10.6. The van der Waals surface area contributed by atoms with Gasteiger partial charge in [-0.05, 0) is 25.1 Å². The molecule has 0 aliphatic carbocycles. The molecule has 9 nitrogen and oxygen atoms in total. The molecule has 0 spiro atoms. The van der Waals surface area contributed by atoms with Gasteiger partial charge in [0.1, 0.15) is 23.4 Å². The fourth-order valence-corrected chi connectivity index (χ4v) is 3.67. The molecule has 1 atom stereocenters. The smallest absolute Gasteiger partial charge is 0.214 e. The van der Waals surface area contributed by atoms with Crippen LogP contribution in [0.1, 0.15) is 12.6 Å². The van der Waals surface area contributed by atoms with Gasteiger partial charge in [0, 0.05) is 61.0 Å². The predicted octanol–water partition coefficient (Wildman–Crippen LogP) is 3.73. The molecule has 0 aliphatic heterocycles. The van der Waals surface area contributed by atoms with Crippen molar-refractivity contribution in [2.24, 2.45) is 7.05 Å². The Kier molecular flexibility index (Phi) is 6.90. The van der Waals surface area contributed by atoms with Crippen molar-refractivity contribution in [1.82, 2.24) is 24.7 Å². The third-order valence-electron chi connectivity index (χ3n) is 5.20. The summed E-state index contributed by atoms with van der Waals surface area (Å²) in [4.78, 5) is 12.8. The summed E-state index contributed by atoms with van der Waals surface area (Å²) in [5, 5.41) is 10.0. The fourth-order valence-electron chi connectivity index (χ4n) is 3.51. The highest BCUT2D eigenvalue weighted by molar-refractivity contribution is 6.29. The Morgan fingerprint density at radius 2 is 2.03 bits per heavy atom. The summed E-state index contributed by atoms with van der Waals surface area (Å²) in [5.74, 6) is 1.68. The second-order valence-electron chi connectivity index (χ2n) is 7.61. The lowest BCUT2D eigenvalue weighted by Gasteiger charge is -2.14. The average molecular weight is 468 g/mol. The maximum Gasteiger partial charge on any atom is 0.214 e. The van der Waals surface area contributed by atoms with E-state index in [1.165, 1.54) is 0 Å². The molecule has 4 aromatic heterocycles. The number of aryl methyl sites for hydroxylation is 1. The Balaban J connectivity index is 1.41. The van der Waals surface area contributed by atoms with E-state index in [4.69, 9.17) is 31.9 Å². The van der Waals surface area contributed by atoms with E-state index in [2.05, 4.69) is 20.3 Å². The molecule has 0 aromatic carbocycles. The molecule has 10 heteroatoms. The summed E-state index contributed by atoms with van der Waals surface area (Å²) in [6.45, 7) is 2.87. The van der Waals surface area contributed by atoms with Gasteiger partial charge in [-0.25, -0.2) is 15.0 Å². The quantitative estimate of drug-likeness (QED) is 0.358. The minimum atomic E-state index is -0.101. The van der Waals surface area contributed by atoms with Crippen molar-refractivity contribution in [3.05, 3.63) is 53.6 Å². The molecule has 0 radical (unpaired) electrons. The molecule has 0 aliphatic rings.